The second-order valence-electron chi connectivity index (χ2n) is 8.76. The largest absolute Gasteiger partial charge is 0.367 e. The molecule has 2 N–H and O–H groups in total. The van der Waals surface area contributed by atoms with E-state index in [1.807, 2.05) is 48.5 Å². The van der Waals surface area contributed by atoms with E-state index in [0.29, 0.717) is 28.7 Å². The molecule has 0 unspecified atom stereocenters. The van der Waals surface area contributed by atoms with Crippen molar-refractivity contribution < 1.29 is 4.79 Å². The van der Waals surface area contributed by atoms with E-state index in [4.69, 9.17) is 23.2 Å². The predicted octanol–water partition coefficient (Wildman–Crippen LogP) is 6.38. The second kappa shape index (κ2) is 11.0. The van der Waals surface area contributed by atoms with Crippen LogP contribution in [0.5, 0.6) is 0 Å². The van der Waals surface area contributed by atoms with Gasteiger partial charge >= 0.3 is 0 Å². The van der Waals surface area contributed by atoms with Crippen molar-refractivity contribution >= 4 is 40.6 Å². The number of rotatable bonds is 7. The third-order valence-corrected chi connectivity index (χ3v) is 6.99. The summed E-state index contributed by atoms with van der Waals surface area (Å²) in [5.41, 5.74) is 4.62. The Hall–Kier alpha value is -3.54. The molecule has 2 heterocycles. The number of halogens is 2. The molecule has 1 aliphatic rings. The van der Waals surface area contributed by atoms with Crippen LogP contribution in [0.3, 0.4) is 0 Å². The fourth-order valence-corrected chi connectivity index (χ4v) is 4.89. The van der Waals surface area contributed by atoms with Crippen LogP contribution < -0.4 is 15.5 Å². The van der Waals surface area contributed by atoms with Crippen molar-refractivity contribution in [3.05, 3.63) is 123 Å². The molecule has 0 aliphatic carbocycles. The van der Waals surface area contributed by atoms with Gasteiger partial charge < -0.3 is 15.5 Å². The molecule has 0 radical (unpaired) electrons. The van der Waals surface area contributed by atoms with E-state index in [-0.39, 0.29) is 11.8 Å². The zero-order valence-electron chi connectivity index (χ0n) is 19.6. The molecule has 4 aromatic rings. The Balaban J connectivity index is 1.35. The number of aromatic nitrogens is 1. The Labute approximate surface area is 221 Å². The van der Waals surface area contributed by atoms with Gasteiger partial charge in [0.25, 0.3) is 5.91 Å². The second-order valence-corrected chi connectivity index (χ2v) is 9.60. The van der Waals surface area contributed by atoms with Gasteiger partial charge in [-0.15, -0.1) is 0 Å². The highest BCUT2D eigenvalue weighted by Crippen LogP contribution is 2.31. The SMILES string of the molecule is O=C(NCC(c1ccccc1)c1ccccc1)c1cnc2c(c1)N(Cc1cc(Cl)ccc1Cl)CCN2. The number of carbonyl (C=O) groups is 1. The first-order valence-electron chi connectivity index (χ1n) is 11.9. The average Bonchev–Trinajstić information content (AvgIpc) is 2.92. The minimum atomic E-state index is -0.159. The van der Waals surface area contributed by atoms with Crippen LogP contribution in [0.2, 0.25) is 10.0 Å². The van der Waals surface area contributed by atoms with Crippen molar-refractivity contribution in [2.75, 3.05) is 29.9 Å². The number of pyridine rings is 1. The van der Waals surface area contributed by atoms with Crippen LogP contribution in [0, 0.1) is 0 Å². The van der Waals surface area contributed by atoms with Crippen molar-refractivity contribution in [3.8, 4) is 0 Å². The molecule has 0 bridgehead atoms. The van der Waals surface area contributed by atoms with Gasteiger partial charge in [0, 0.05) is 48.3 Å². The van der Waals surface area contributed by atoms with Crippen molar-refractivity contribution in [2.45, 2.75) is 12.5 Å². The maximum atomic E-state index is 13.2. The van der Waals surface area contributed by atoms with Gasteiger partial charge in [0.05, 0.1) is 11.3 Å². The summed E-state index contributed by atoms with van der Waals surface area (Å²) in [5, 5.41) is 7.75. The number of hydrogen-bond donors (Lipinski definition) is 2. The maximum Gasteiger partial charge on any atom is 0.252 e. The van der Waals surface area contributed by atoms with Crippen LogP contribution in [0.4, 0.5) is 11.5 Å². The zero-order valence-corrected chi connectivity index (χ0v) is 21.1. The lowest BCUT2D eigenvalue weighted by Crippen LogP contribution is -2.35. The van der Waals surface area contributed by atoms with Crippen LogP contribution in [-0.2, 0) is 6.54 Å². The molecule has 5 rings (SSSR count). The topological polar surface area (TPSA) is 57.3 Å². The Morgan fingerprint density at radius 3 is 2.36 bits per heavy atom. The van der Waals surface area contributed by atoms with Crippen LogP contribution in [0.15, 0.2) is 91.1 Å². The standard InChI is InChI=1S/C29H26Cl2N4O/c30-24-11-12-26(31)23(15-24)19-35-14-13-32-28-27(35)16-22(17-33-28)29(36)34-18-25(20-7-3-1-4-8-20)21-9-5-2-6-10-21/h1-12,15-17,25H,13-14,18-19H2,(H,32,33)(H,34,36). The highest BCUT2D eigenvalue weighted by atomic mass is 35.5. The molecule has 7 heteroatoms. The third-order valence-electron chi connectivity index (χ3n) is 6.38. The molecule has 182 valence electrons. The van der Waals surface area contributed by atoms with Gasteiger partial charge in [0.15, 0.2) is 0 Å². The average molecular weight is 517 g/mol. The monoisotopic (exact) mass is 516 g/mol. The van der Waals surface area contributed by atoms with E-state index in [0.717, 1.165) is 41.3 Å². The van der Waals surface area contributed by atoms with E-state index in [1.54, 1.807) is 18.3 Å². The third kappa shape index (κ3) is 5.48. The number of hydrogen-bond acceptors (Lipinski definition) is 4. The number of carbonyl (C=O) groups excluding carboxylic acids is 1. The molecule has 5 nitrogen and oxygen atoms in total. The summed E-state index contributed by atoms with van der Waals surface area (Å²) in [6.45, 7) is 2.56. The Morgan fingerprint density at radius 1 is 0.972 bits per heavy atom. The molecular formula is C29H26Cl2N4O. The predicted molar refractivity (Wildman–Crippen MR) is 147 cm³/mol. The Bertz CT molecular complexity index is 1310. The van der Waals surface area contributed by atoms with Gasteiger partial charge in [-0.1, -0.05) is 83.9 Å². The molecule has 3 aromatic carbocycles. The van der Waals surface area contributed by atoms with Gasteiger partial charge in [0.2, 0.25) is 0 Å². The fraction of sp³-hybridized carbons (Fsp3) is 0.172. The first-order chi connectivity index (χ1) is 17.6. The van der Waals surface area contributed by atoms with Gasteiger partial charge in [-0.05, 0) is 41.0 Å². The normalized spacial score (nSPS) is 12.7. The van der Waals surface area contributed by atoms with Crippen LogP contribution in [0.1, 0.15) is 33.0 Å². The van der Waals surface area contributed by atoms with E-state index in [2.05, 4.69) is 44.8 Å². The number of fused-ring (bicyclic) bond motifs is 1. The van der Waals surface area contributed by atoms with Gasteiger partial charge in [0.1, 0.15) is 5.82 Å². The molecular weight excluding hydrogens is 491 g/mol. The number of nitrogens with one attached hydrogen (secondary N) is 2. The van der Waals surface area contributed by atoms with Gasteiger partial charge in [-0.3, -0.25) is 4.79 Å². The summed E-state index contributed by atoms with van der Waals surface area (Å²) in [7, 11) is 0. The number of anilines is 2. The van der Waals surface area contributed by atoms with E-state index in [1.165, 1.54) is 0 Å². The lowest BCUT2D eigenvalue weighted by molar-refractivity contribution is 0.0952. The number of amides is 1. The van der Waals surface area contributed by atoms with Crippen LogP contribution in [-0.4, -0.2) is 30.5 Å². The van der Waals surface area contributed by atoms with E-state index in [9.17, 15) is 4.79 Å². The summed E-state index contributed by atoms with van der Waals surface area (Å²) in [6.07, 6.45) is 1.62. The first-order valence-corrected chi connectivity index (χ1v) is 12.6. The maximum absolute atomic E-state index is 13.2. The molecule has 1 aromatic heterocycles. The highest BCUT2D eigenvalue weighted by molar-refractivity contribution is 6.33. The quantitative estimate of drug-likeness (QED) is 0.299. The highest BCUT2D eigenvalue weighted by Gasteiger charge is 2.22. The van der Waals surface area contributed by atoms with Crippen molar-refractivity contribution in [1.82, 2.24) is 10.3 Å². The zero-order chi connectivity index (χ0) is 24.9. The van der Waals surface area contributed by atoms with Crippen molar-refractivity contribution in [2.24, 2.45) is 0 Å². The summed E-state index contributed by atoms with van der Waals surface area (Å²) >= 11 is 12.6. The molecule has 0 saturated heterocycles. The van der Waals surface area contributed by atoms with Crippen molar-refractivity contribution in [1.29, 1.82) is 0 Å². The summed E-state index contributed by atoms with van der Waals surface area (Å²) in [5.74, 6) is 0.640. The smallest absolute Gasteiger partial charge is 0.252 e. The first kappa shape index (κ1) is 24.2. The Kier molecular flexibility index (Phi) is 7.40. The minimum absolute atomic E-state index is 0.0464. The van der Waals surface area contributed by atoms with E-state index >= 15 is 0 Å². The van der Waals surface area contributed by atoms with E-state index < -0.39 is 0 Å². The Morgan fingerprint density at radius 2 is 1.67 bits per heavy atom. The van der Waals surface area contributed by atoms with Crippen LogP contribution >= 0.6 is 23.2 Å². The minimum Gasteiger partial charge on any atom is -0.367 e. The molecule has 0 spiro atoms. The summed E-state index contributed by atoms with van der Waals surface area (Å²) < 4.78 is 0. The summed E-state index contributed by atoms with van der Waals surface area (Å²) in [6, 6.07) is 27.8. The van der Waals surface area contributed by atoms with Gasteiger partial charge in [-0.2, -0.15) is 0 Å². The molecule has 36 heavy (non-hydrogen) atoms. The number of nitrogens with zero attached hydrogens (tertiary/aromatic N) is 2. The molecule has 1 amide bonds. The molecule has 0 saturated carbocycles. The lowest BCUT2D eigenvalue weighted by atomic mass is 9.91. The van der Waals surface area contributed by atoms with Gasteiger partial charge in [-0.25, -0.2) is 4.98 Å². The van der Waals surface area contributed by atoms with Crippen molar-refractivity contribution in [3.63, 3.8) is 0 Å². The fourth-order valence-electron chi connectivity index (χ4n) is 4.51. The number of benzene rings is 3. The lowest BCUT2D eigenvalue weighted by Gasteiger charge is -2.32. The summed E-state index contributed by atoms with van der Waals surface area (Å²) in [4.78, 5) is 19.9. The molecule has 0 atom stereocenters. The van der Waals surface area contributed by atoms with Crippen LogP contribution in [0.25, 0.3) is 0 Å². The molecule has 1 aliphatic heterocycles. The molecule has 0 fully saturated rings.